The van der Waals surface area contributed by atoms with E-state index in [1.165, 1.54) is 16.4 Å². The van der Waals surface area contributed by atoms with Gasteiger partial charge in [0.1, 0.15) is 11.0 Å². The molecule has 3 rings (SSSR count). The number of benzene rings is 2. The zero-order chi connectivity index (χ0) is 23.3. The van der Waals surface area contributed by atoms with Crippen LogP contribution in [0.3, 0.4) is 0 Å². The minimum absolute atomic E-state index is 0.129. The third-order valence-electron chi connectivity index (χ3n) is 4.49. The fourth-order valence-corrected chi connectivity index (χ4v) is 5.13. The van der Waals surface area contributed by atoms with Gasteiger partial charge >= 0.3 is 5.97 Å². The van der Waals surface area contributed by atoms with Gasteiger partial charge in [0.15, 0.2) is 6.61 Å². The van der Waals surface area contributed by atoms with Gasteiger partial charge in [0.2, 0.25) is 10.0 Å². The maximum absolute atomic E-state index is 12.9. The van der Waals surface area contributed by atoms with Crippen molar-refractivity contribution in [3.8, 4) is 6.07 Å². The lowest BCUT2D eigenvalue weighted by Gasteiger charge is -2.26. The van der Waals surface area contributed by atoms with Gasteiger partial charge in [0.25, 0.3) is 5.91 Å². The molecule has 1 amide bonds. The van der Waals surface area contributed by atoms with Crippen LogP contribution in [-0.4, -0.2) is 57.5 Å². The number of carbonyl (C=O) groups is 2. The Hall–Kier alpha value is -2.68. The first kappa shape index (κ1) is 24.0. The van der Waals surface area contributed by atoms with Gasteiger partial charge in [-0.05, 0) is 24.3 Å². The highest BCUT2D eigenvalue weighted by Gasteiger charge is 2.30. The zero-order valence-electron chi connectivity index (χ0n) is 16.5. The molecule has 0 aromatic heterocycles. The zero-order valence-corrected chi connectivity index (χ0v) is 18.8. The molecule has 1 N–H and O–H groups in total. The van der Waals surface area contributed by atoms with Gasteiger partial charge in [-0.2, -0.15) is 9.57 Å². The molecule has 2 aromatic rings. The van der Waals surface area contributed by atoms with Crippen LogP contribution >= 0.6 is 23.2 Å². The molecule has 32 heavy (non-hydrogen) atoms. The smallest absolute Gasteiger partial charge is 0.340 e. The summed E-state index contributed by atoms with van der Waals surface area (Å²) in [6.07, 6.45) is 0. The number of sulfonamides is 1. The standard InChI is InChI=1S/C20H17Cl2N3O6S/c21-15-10-16(22)18(32(28,29)25-5-7-30-8-6-25)9-14(15)20(27)31-12-19(26)24-17-4-2-1-3-13(17)11-23/h1-4,9-10H,5-8,12H2,(H,24,26). The van der Waals surface area contributed by atoms with E-state index in [-0.39, 0.29) is 58.1 Å². The maximum Gasteiger partial charge on any atom is 0.340 e. The molecule has 1 aliphatic heterocycles. The highest BCUT2D eigenvalue weighted by atomic mass is 35.5. The number of ether oxygens (including phenoxy) is 2. The molecule has 0 aliphatic carbocycles. The number of amides is 1. The molecule has 0 bridgehead atoms. The minimum Gasteiger partial charge on any atom is -0.452 e. The Balaban J connectivity index is 1.74. The second kappa shape index (κ2) is 10.3. The molecule has 1 aliphatic rings. The lowest BCUT2D eigenvalue weighted by Crippen LogP contribution is -2.40. The van der Waals surface area contributed by atoms with Crippen molar-refractivity contribution in [2.45, 2.75) is 4.90 Å². The number of hydrogen-bond donors (Lipinski definition) is 1. The molecule has 168 valence electrons. The van der Waals surface area contributed by atoms with Crippen LogP contribution < -0.4 is 5.32 Å². The van der Waals surface area contributed by atoms with Crippen molar-refractivity contribution in [3.63, 3.8) is 0 Å². The predicted molar refractivity (Wildman–Crippen MR) is 116 cm³/mol. The average Bonchev–Trinajstić information content (AvgIpc) is 2.78. The van der Waals surface area contributed by atoms with Crippen LogP contribution in [0, 0.1) is 11.3 Å². The SMILES string of the molecule is N#Cc1ccccc1NC(=O)COC(=O)c1cc(S(=O)(=O)N2CCOCC2)c(Cl)cc1Cl. The lowest BCUT2D eigenvalue weighted by molar-refractivity contribution is -0.119. The number of hydrogen-bond acceptors (Lipinski definition) is 7. The summed E-state index contributed by atoms with van der Waals surface area (Å²) in [6, 6.07) is 10.4. The fraction of sp³-hybridized carbons (Fsp3) is 0.250. The summed E-state index contributed by atoms with van der Waals surface area (Å²) in [5.41, 5.74) is 0.249. The van der Waals surface area contributed by atoms with E-state index in [1.807, 2.05) is 6.07 Å². The van der Waals surface area contributed by atoms with E-state index in [1.54, 1.807) is 12.1 Å². The molecule has 1 saturated heterocycles. The molecule has 2 aromatic carbocycles. The van der Waals surface area contributed by atoms with Crippen LogP contribution in [0.25, 0.3) is 0 Å². The Bertz CT molecular complexity index is 1190. The third-order valence-corrected chi connectivity index (χ3v) is 7.16. The summed E-state index contributed by atoms with van der Waals surface area (Å²) in [7, 11) is -4.00. The van der Waals surface area contributed by atoms with Crippen LogP contribution in [0.4, 0.5) is 5.69 Å². The van der Waals surface area contributed by atoms with Crippen molar-refractivity contribution in [2.75, 3.05) is 38.2 Å². The van der Waals surface area contributed by atoms with E-state index in [9.17, 15) is 18.0 Å². The van der Waals surface area contributed by atoms with Gasteiger partial charge in [0, 0.05) is 13.1 Å². The summed E-state index contributed by atoms with van der Waals surface area (Å²) in [4.78, 5) is 24.3. The molecule has 0 saturated carbocycles. The van der Waals surface area contributed by atoms with Gasteiger partial charge < -0.3 is 14.8 Å². The van der Waals surface area contributed by atoms with Gasteiger partial charge in [-0.1, -0.05) is 35.3 Å². The summed E-state index contributed by atoms with van der Waals surface area (Å²) in [5.74, 6) is -1.69. The van der Waals surface area contributed by atoms with E-state index in [4.69, 9.17) is 37.9 Å². The molecule has 0 unspecified atom stereocenters. The van der Waals surface area contributed by atoms with Gasteiger partial charge in [-0.3, -0.25) is 4.79 Å². The van der Waals surface area contributed by atoms with Crippen molar-refractivity contribution >= 4 is 50.8 Å². The summed E-state index contributed by atoms with van der Waals surface area (Å²) in [5, 5.41) is 11.3. The fourth-order valence-electron chi connectivity index (χ4n) is 2.89. The van der Waals surface area contributed by atoms with Crippen LogP contribution in [-0.2, 0) is 24.3 Å². The average molecular weight is 498 g/mol. The number of rotatable bonds is 6. The normalized spacial score (nSPS) is 14.4. The number of para-hydroxylation sites is 1. The number of halogens is 2. The number of nitrogens with one attached hydrogen (secondary N) is 1. The van der Waals surface area contributed by atoms with Crippen molar-refractivity contribution in [1.82, 2.24) is 4.31 Å². The van der Waals surface area contributed by atoms with E-state index < -0.39 is 28.5 Å². The number of esters is 1. The molecule has 1 heterocycles. The Kier molecular flexibility index (Phi) is 7.71. The van der Waals surface area contributed by atoms with Crippen LogP contribution in [0.15, 0.2) is 41.3 Å². The van der Waals surface area contributed by atoms with Crippen LogP contribution in [0.1, 0.15) is 15.9 Å². The van der Waals surface area contributed by atoms with E-state index >= 15 is 0 Å². The molecule has 0 radical (unpaired) electrons. The Morgan fingerprint density at radius 2 is 1.84 bits per heavy atom. The van der Waals surface area contributed by atoms with Crippen molar-refractivity contribution < 1.29 is 27.5 Å². The molecule has 1 fully saturated rings. The summed E-state index contributed by atoms with van der Waals surface area (Å²) >= 11 is 12.2. The van der Waals surface area contributed by atoms with Crippen LogP contribution in [0.2, 0.25) is 10.0 Å². The lowest BCUT2D eigenvalue weighted by atomic mass is 10.2. The molecule has 0 atom stereocenters. The molecule has 12 heteroatoms. The molecular formula is C20H17Cl2N3O6S. The topological polar surface area (TPSA) is 126 Å². The first-order valence-electron chi connectivity index (χ1n) is 9.27. The second-order valence-electron chi connectivity index (χ2n) is 6.56. The van der Waals surface area contributed by atoms with Gasteiger partial charge in [0.05, 0.1) is 40.1 Å². The molecule has 0 spiro atoms. The highest BCUT2D eigenvalue weighted by Crippen LogP contribution is 2.31. The number of morpholine rings is 1. The number of nitriles is 1. The highest BCUT2D eigenvalue weighted by molar-refractivity contribution is 7.89. The second-order valence-corrected chi connectivity index (χ2v) is 9.28. The quantitative estimate of drug-likeness (QED) is 0.607. The Morgan fingerprint density at radius 3 is 2.53 bits per heavy atom. The maximum atomic E-state index is 12.9. The first-order valence-corrected chi connectivity index (χ1v) is 11.5. The van der Waals surface area contributed by atoms with Gasteiger partial charge in [-0.25, -0.2) is 13.2 Å². The molecule has 9 nitrogen and oxygen atoms in total. The molecular weight excluding hydrogens is 481 g/mol. The van der Waals surface area contributed by atoms with Crippen molar-refractivity contribution in [1.29, 1.82) is 5.26 Å². The monoisotopic (exact) mass is 497 g/mol. The van der Waals surface area contributed by atoms with Crippen molar-refractivity contribution in [2.24, 2.45) is 0 Å². The third kappa shape index (κ3) is 5.38. The largest absolute Gasteiger partial charge is 0.452 e. The predicted octanol–water partition coefficient (Wildman–Crippen LogP) is 2.68. The van der Waals surface area contributed by atoms with E-state index in [0.29, 0.717) is 0 Å². The van der Waals surface area contributed by atoms with Crippen molar-refractivity contribution in [3.05, 3.63) is 57.6 Å². The number of carbonyl (C=O) groups excluding carboxylic acids is 2. The van der Waals surface area contributed by atoms with E-state index in [0.717, 1.165) is 12.1 Å². The minimum atomic E-state index is -4.00. The number of anilines is 1. The van der Waals surface area contributed by atoms with Gasteiger partial charge in [-0.15, -0.1) is 0 Å². The van der Waals surface area contributed by atoms with E-state index in [2.05, 4.69) is 5.32 Å². The first-order chi connectivity index (χ1) is 15.2. The Labute approximate surface area is 194 Å². The summed E-state index contributed by atoms with van der Waals surface area (Å²) < 4.78 is 37.2. The summed E-state index contributed by atoms with van der Waals surface area (Å²) in [6.45, 7) is 0.0900. The van der Waals surface area contributed by atoms with Crippen LogP contribution in [0.5, 0.6) is 0 Å². The number of nitrogens with zero attached hydrogens (tertiary/aromatic N) is 2. The Morgan fingerprint density at radius 1 is 1.16 bits per heavy atom.